The van der Waals surface area contributed by atoms with Gasteiger partial charge in [0.25, 0.3) is 0 Å². The molecule has 0 radical (unpaired) electrons. The molecule has 0 saturated carbocycles. The van der Waals surface area contributed by atoms with Crippen molar-refractivity contribution in [2.75, 3.05) is 17.3 Å². The minimum atomic E-state index is -0.366. The van der Waals surface area contributed by atoms with E-state index in [2.05, 4.69) is 34.6 Å². The molecule has 0 aliphatic carbocycles. The Morgan fingerprint density at radius 1 is 1.29 bits per heavy atom. The number of nitrogens with one attached hydrogen (secondary N) is 2. The molecule has 1 rings (SSSR count). The van der Waals surface area contributed by atoms with E-state index in [1.807, 2.05) is 0 Å². The van der Waals surface area contributed by atoms with Crippen molar-refractivity contribution in [1.82, 2.24) is 9.97 Å². The maximum absolute atomic E-state index is 9.95. The van der Waals surface area contributed by atoms with Crippen molar-refractivity contribution in [3.05, 3.63) is 12.4 Å². The first-order valence-electron chi connectivity index (χ1n) is 5.91. The summed E-state index contributed by atoms with van der Waals surface area (Å²) in [6.07, 6.45) is 2.99. The van der Waals surface area contributed by atoms with Gasteiger partial charge in [-0.25, -0.2) is 15.8 Å². The average molecular weight is 239 g/mol. The molecule has 0 spiro atoms. The summed E-state index contributed by atoms with van der Waals surface area (Å²) >= 11 is 0. The molecule has 0 amide bonds. The monoisotopic (exact) mass is 239 g/mol. The van der Waals surface area contributed by atoms with Gasteiger partial charge in [0.05, 0.1) is 6.10 Å². The first kappa shape index (κ1) is 13.7. The summed E-state index contributed by atoms with van der Waals surface area (Å²) in [5, 5.41) is 13.0. The number of anilines is 2. The molecule has 1 aromatic heterocycles. The number of nitrogens with two attached hydrogens (primary N) is 1. The summed E-state index contributed by atoms with van der Waals surface area (Å²) in [6.45, 7) is 4.64. The van der Waals surface area contributed by atoms with E-state index in [9.17, 15) is 5.11 Å². The minimum absolute atomic E-state index is 0.316. The lowest BCUT2D eigenvalue weighted by molar-refractivity contribution is 0.114. The fraction of sp³-hybridized carbons (Fsp3) is 0.636. The summed E-state index contributed by atoms with van der Waals surface area (Å²) in [6, 6.07) is 1.69. The number of nitrogens with zero attached hydrogens (tertiary/aromatic N) is 2. The van der Waals surface area contributed by atoms with Gasteiger partial charge in [0.1, 0.15) is 18.0 Å². The van der Waals surface area contributed by atoms with Gasteiger partial charge in [0.2, 0.25) is 0 Å². The maximum atomic E-state index is 9.95. The normalized spacial score (nSPS) is 12.5. The first-order valence-corrected chi connectivity index (χ1v) is 5.91. The van der Waals surface area contributed by atoms with Gasteiger partial charge in [0, 0.05) is 12.6 Å². The third kappa shape index (κ3) is 4.16. The molecule has 1 aromatic rings. The summed E-state index contributed by atoms with van der Waals surface area (Å²) in [4.78, 5) is 7.94. The van der Waals surface area contributed by atoms with Crippen LogP contribution in [0.25, 0.3) is 0 Å². The molecule has 0 aromatic carbocycles. The van der Waals surface area contributed by atoms with Crippen molar-refractivity contribution < 1.29 is 5.11 Å². The van der Waals surface area contributed by atoms with Gasteiger partial charge in [0.15, 0.2) is 0 Å². The predicted molar refractivity (Wildman–Crippen MR) is 68.4 cm³/mol. The Bertz CT molecular complexity index is 329. The second kappa shape index (κ2) is 7.03. The fourth-order valence-corrected chi connectivity index (χ4v) is 1.74. The molecule has 0 aliphatic heterocycles. The van der Waals surface area contributed by atoms with E-state index in [0.717, 1.165) is 12.8 Å². The molecule has 1 unspecified atom stereocenters. The third-order valence-corrected chi connectivity index (χ3v) is 2.90. The number of aliphatic hydroxyl groups is 1. The van der Waals surface area contributed by atoms with Crippen molar-refractivity contribution in [1.29, 1.82) is 0 Å². The number of aromatic nitrogens is 2. The van der Waals surface area contributed by atoms with Gasteiger partial charge in [-0.1, -0.05) is 26.7 Å². The summed E-state index contributed by atoms with van der Waals surface area (Å²) in [5.74, 6) is 6.76. The highest BCUT2D eigenvalue weighted by molar-refractivity contribution is 5.45. The number of hydrogen-bond acceptors (Lipinski definition) is 6. The predicted octanol–water partition coefficient (Wildman–Crippen LogP) is 0.971. The van der Waals surface area contributed by atoms with Gasteiger partial charge in [-0.15, -0.1) is 0 Å². The Hall–Kier alpha value is -1.40. The van der Waals surface area contributed by atoms with Crippen LogP contribution in [-0.2, 0) is 0 Å². The van der Waals surface area contributed by atoms with Crippen LogP contribution < -0.4 is 16.6 Å². The second-order valence-corrected chi connectivity index (χ2v) is 3.96. The van der Waals surface area contributed by atoms with Crippen LogP contribution in [-0.4, -0.2) is 27.7 Å². The van der Waals surface area contributed by atoms with Crippen LogP contribution >= 0.6 is 0 Å². The Balaban J connectivity index is 2.49. The van der Waals surface area contributed by atoms with Crippen LogP contribution in [0, 0.1) is 5.92 Å². The number of hydrazine groups is 1. The lowest BCUT2D eigenvalue weighted by Crippen LogP contribution is -2.28. The zero-order valence-electron chi connectivity index (χ0n) is 10.3. The van der Waals surface area contributed by atoms with Gasteiger partial charge >= 0.3 is 0 Å². The standard InChI is InChI=1S/C11H21N5O/c1-3-8(4-2)9(17)6-13-10-5-11(16-12)15-7-14-10/h5,7-9,17H,3-4,6,12H2,1-2H3,(H2,13,14,15,16). The van der Waals surface area contributed by atoms with E-state index in [0.29, 0.717) is 24.1 Å². The van der Waals surface area contributed by atoms with Crippen LogP contribution in [0.15, 0.2) is 12.4 Å². The molecular formula is C11H21N5O. The highest BCUT2D eigenvalue weighted by Gasteiger charge is 2.15. The van der Waals surface area contributed by atoms with E-state index in [1.165, 1.54) is 6.33 Å². The van der Waals surface area contributed by atoms with Crippen molar-refractivity contribution in [3.8, 4) is 0 Å². The molecule has 1 heterocycles. The van der Waals surface area contributed by atoms with Crippen molar-refractivity contribution >= 4 is 11.6 Å². The molecule has 5 N–H and O–H groups in total. The number of hydrogen-bond donors (Lipinski definition) is 4. The molecular weight excluding hydrogens is 218 g/mol. The lowest BCUT2D eigenvalue weighted by atomic mass is 9.97. The van der Waals surface area contributed by atoms with Gasteiger partial charge in [-0.2, -0.15) is 0 Å². The smallest absolute Gasteiger partial charge is 0.145 e. The Morgan fingerprint density at radius 3 is 2.53 bits per heavy atom. The molecule has 17 heavy (non-hydrogen) atoms. The van der Waals surface area contributed by atoms with E-state index >= 15 is 0 Å². The molecule has 1 atom stereocenters. The molecule has 0 saturated heterocycles. The first-order chi connectivity index (χ1) is 8.21. The van der Waals surface area contributed by atoms with Crippen LogP contribution in [0.3, 0.4) is 0 Å². The zero-order valence-corrected chi connectivity index (χ0v) is 10.3. The van der Waals surface area contributed by atoms with Gasteiger partial charge in [-0.05, 0) is 5.92 Å². The van der Waals surface area contributed by atoms with Crippen LogP contribution in [0.1, 0.15) is 26.7 Å². The van der Waals surface area contributed by atoms with Crippen molar-refractivity contribution in [2.45, 2.75) is 32.8 Å². The zero-order chi connectivity index (χ0) is 12.7. The van der Waals surface area contributed by atoms with Crippen LogP contribution in [0.5, 0.6) is 0 Å². The fourth-order valence-electron chi connectivity index (χ4n) is 1.74. The highest BCUT2D eigenvalue weighted by Crippen LogP contribution is 2.14. The molecule has 6 heteroatoms. The van der Waals surface area contributed by atoms with E-state index in [1.54, 1.807) is 6.07 Å². The second-order valence-electron chi connectivity index (χ2n) is 3.96. The minimum Gasteiger partial charge on any atom is -0.391 e. The average Bonchev–Trinajstić information content (AvgIpc) is 2.38. The molecule has 0 aliphatic rings. The third-order valence-electron chi connectivity index (χ3n) is 2.90. The topological polar surface area (TPSA) is 96.1 Å². The lowest BCUT2D eigenvalue weighted by Gasteiger charge is -2.20. The quantitative estimate of drug-likeness (QED) is 0.418. The number of nitrogen functional groups attached to an aromatic ring is 1. The van der Waals surface area contributed by atoms with Gasteiger partial charge in [-0.3, -0.25) is 0 Å². The van der Waals surface area contributed by atoms with Gasteiger partial charge < -0.3 is 15.8 Å². The number of rotatable bonds is 7. The number of aliphatic hydroxyl groups excluding tert-OH is 1. The summed E-state index contributed by atoms with van der Waals surface area (Å²) in [5.41, 5.74) is 2.45. The highest BCUT2D eigenvalue weighted by atomic mass is 16.3. The SMILES string of the molecule is CCC(CC)C(O)CNc1cc(NN)ncn1. The molecule has 6 nitrogen and oxygen atoms in total. The van der Waals surface area contributed by atoms with E-state index in [-0.39, 0.29) is 6.10 Å². The maximum Gasteiger partial charge on any atom is 0.145 e. The molecule has 0 fully saturated rings. The van der Waals surface area contributed by atoms with Crippen LogP contribution in [0.2, 0.25) is 0 Å². The molecule has 0 bridgehead atoms. The van der Waals surface area contributed by atoms with Crippen molar-refractivity contribution in [3.63, 3.8) is 0 Å². The molecule has 96 valence electrons. The summed E-state index contributed by atoms with van der Waals surface area (Å²) < 4.78 is 0. The van der Waals surface area contributed by atoms with Crippen LogP contribution in [0.4, 0.5) is 11.6 Å². The Morgan fingerprint density at radius 2 is 1.94 bits per heavy atom. The summed E-state index contributed by atoms with van der Waals surface area (Å²) in [7, 11) is 0. The Labute approximate surface area is 102 Å². The Kier molecular flexibility index (Phi) is 5.65. The van der Waals surface area contributed by atoms with E-state index in [4.69, 9.17) is 5.84 Å². The largest absolute Gasteiger partial charge is 0.391 e. The van der Waals surface area contributed by atoms with Crippen molar-refractivity contribution in [2.24, 2.45) is 11.8 Å². The van der Waals surface area contributed by atoms with E-state index < -0.39 is 0 Å².